The van der Waals surface area contributed by atoms with Crippen LogP contribution in [0.2, 0.25) is 10.0 Å². The van der Waals surface area contributed by atoms with Gasteiger partial charge >= 0.3 is 0 Å². The van der Waals surface area contributed by atoms with Gasteiger partial charge in [0, 0.05) is 15.6 Å². The van der Waals surface area contributed by atoms with Gasteiger partial charge in [-0.2, -0.15) is 0 Å². The number of quaternary nitrogens is 1. The number of rotatable bonds is 6. The Morgan fingerprint density at radius 3 is 2.48 bits per heavy atom. The van der Waals surface area contributed by atoms with Crippen LogP contribution in [-0.4, -0.2) is 12.5 Å². The molecule has 5 heteroatoms. The molecule has 0 saturated carbocycles. The molecule has 3 nitrogen and oxygen atoms in total. The van der Waals surface area contributed by atoms with E-state index in [0.29, 0.717) is 16.6 Å². The molecule has 2 atom stereocenters. The molecule has 3 N–H and O–H groups in total. The predicted octanol–water partition coefficient (Wildman–Crippen LogP) is 3.50. The maximum atomic E-state index is 12.1. The zero-order chi connectivity index (χ0) is 16.8. The molecule has 0 unspecified atom stereocenters. The SMILES string of the molecule is C[C@@H](NC(=O)C[NH2+][C@H](C)c1ccccc1)c1ccc(Cl)cc1Cl. The van der Waals surface area contributed by atoms with Gasteiger partial charge in [0.15, 0.2) is 6.54 Å². The zero-order valence-electron chi connectivity index (χ0n) is 13.2. The first-order chi connectivity index (χ1) is 11.0. The van der Waals surface area contributed by atoms with Crippen LogP contribution >= 0.6 is 23.2 Å². The summed E-state index contributed by atoms with van der Waals surface area (Å²) in [5.74, 6) is -0.0219. The predicted molar refractivity (Wildman–Crippen MR) is 94.7 cm³/mol. The lowest BCUT2D eigenvalue weighted by Crippen LogP contribution is -2.87. The normalized spacial score (nSPS) is 13.4. The highest BCUT2D eigenvalue weighted by Gasteiger charge is 2.15. The summed E-state index contributed by atoms with van der Waals surface area (Å²) >= 11 is 12.1. The molecular weight excluding hydrogens is 331 g/mol. The highest BCUT2D eigenvalue weighted by molar-refractivity contribution is 6.35. The molecule has 0 aliphatic carbocycles. The number of hydrogen-bond acceptors (Lipinski definition) is 1. The third-order valence-electron chi connectivity index (χ3n) is 3.79. The van der Waals surface area contributed by atoms with Crippen LogP contribution in [0, 0.1) is 0 Å². The molecule has 0 aliphatic rings. The topological polar surface area (TPSA) is 45.7 Å². The van der Waals surface area contributed by atoms with Crippen LogP contribution in [0.4, 0.5) is 0 Å². The van der Waals surface area contributed by atoms with Crippen LogP contribution < -0.4 is 10.6 Å². The van der Waals surface area contributed by atoms with Crippen molar-refractivity contribution in [3.05, 3.63) is 69.7 Å². The smallest absolute Gasteiger partial charge is 0.275 e. The van der Waals surface area contributed by atoms with Crippen molar-refractivity contribution in [1.29, 1.82) is 0 Å². The lowest BCUT2D eigenvalue weighted by atomic mass is 10.1. The number of hydrogen-bond donors (Lipinski definition) is 2. The first-order valence-corrected chi connectivity index (χ1v) is 8.35. The Labute approximate surface area is 147 Å². The molecule has 0 heterocycles. The summed E-state index contributed by atoms with van der Waals surface area (Å²) in [5, 5.41) is 6.13. The van der Waals surface area contributed by atoms with E-state index >= 15 is 0 Å². The molecule has 0 fully saturated rings. The maximum Gasteiger partial charge on any atom is 0.275 e. The summed E-state index contributed by atoms with van der Waals surface area (Å²) in [5.41, 5.74) is 2.06. The highest BCUT2D eigenvalue weighted by atomic mass is 35.5. The Morgan fingerprint density at radius 2 is 1.83 bits per heavy atom. The van der Waals surface area contributed by atoms with Gasteiger partial charge in [-0.1, -0.05) is 59.6 Å². The minimum Gasteiger partial charge on any atom is -0.345 e. The number of carbonyl (C=O) groups is 1. The number of amides is 1. The molecule has 0 aliphatic heterocycles. The fourth-order valence-corrected chi connectivity index (χ4v) is 2.98. The molecule has 0 spiro atoms. The van der Waals surface area contributed by atoms with Crippen molar-refractivity contribution in [1.82, 2.24) is 5.32 Å². The second kappa shape index (κ2) is 8.34. The number of benzene rings is 2. The standard InChI is InChI=1S/C18H20Cl2N2O/c1-12(14-6-4-3-5-7-14)21-11-18(23)22-13(2)16-9-8-15(19)10-17(16)20/h3-10,12-13,21H,11H2,1-2H3,(H,22,23)/p+1/t12-,13-/m1/s1. The van der Waals surface area contributed by atoms with Crippen LogP contribution in [0.3, 0.4) is 0 Å². The number of nitrogens with one attached hydrogen (secondary N) is 1. The second-order valence-electron chi connectivity index (χ2n) is 5.59. The van der Waals surface area contributed by atoms with Crippen LogP contribution in [0.25, 0.3) is 0 Å². The number of halogens is 2. The Morgan fingerprint density at radius 1 is 1.13 bits per heavy atom. The van der Waals surface area contributed by atoms with Crippen molar-refractivity contribution in [2.24, 2.45) is 0 Å². The largest absolute Gasteiger partial charge is 0.345 e. The van der Waals surface area contributed by atoms with E-state index in [0.717, 1.165) is 5.56 Å². The van der Waals surface area contributed by atoms with Gasteiger partial charge in [0.25, 0.3) is 5.91 Å². The van der Waals surface area contributed by atoms with Gasteiger partial charge in [0.05, 0.1) is 6.04 Å². The highest BCUT2D eigenvalue weighted by Crippen LogP contribution is 2.25. The summed E-state index contributed by atoms with van der Waals surface area (Å²) in [7, 11) is 0. The van der Waals surface area contributed by atoms with Crippen molar-refractivity contribution in [3.63, 3.8) is 0 Å². The lowest BCUT2D eigenvalue weighted by molar-refractivity contribution is -0.682. The molecule has 2 aromatic carbocycles. The van der Waals surface area contributed by atoms with Gasteiger partial charge in [-0.15, -0.1) is 0 Å². The molecule has 0 bridgehead atoms. The second-order valence-corrected chi connectivity index (χ2v) is 6.44. The first kappa shape index (κ1) is 17.8. The van der Waals surface area contributed by atoms with Crippen LogP contribution in [0.1, 0.15) is 37.1 Å². The van der Waals surface area contributed by atoms with E-state index in [9.17, 15) is 4.79 Å². The Bertz CT molecular complexity index is 661. The summed E-state index contributed by atoms with van der Waals surface area (Å²) in [6, 6.07) is 15.5. The minimum absolute atomic E-state index is 0.0219. The molecule has 23 heavy (non-hydrogen) atoms. The molecule has 0 aromatic heterocycles. The van der Waals surface area contributed by atoms with E-state index in [1.165, 1.54) is 5.56 Å². The zero-order valence-corrected chi connectivity index (χ0v) is 14.7. The average Bonchev–Trinajstić information content (AvgIpc) is 2.53. The van der Waals surface area contributed by atoms with Gasteiger partial charge < -0.3 is 10.6 Å². The summed E-state index contributed by atoms with van der Waals surface area (Å²) in [4.78, 5) is 12.1. The molecule has 1 amide bonds. The molecule has 2 aromatic rings. The van der Waals surface area contributed by atoms with E-state index in [1.807, 2.05) is 36.5 Å². The van der Waals surface area contributed by atoms with E-state index < -0.39 is 0 Å². The van der Waals surface area contributed by atoms with Crippen LogP contribution in [-0.2, 0) is 4.79 Å². The fraction of sp³-hybridized carbons (Fsp3) is 0.278. The van der Waals surface area contributed by atoms with Crippen molar-refractivity contribution < 1.29 is 10.1 Å². The third kappa shape index (κ3) is 5.24. The lowest BCUT2D eigenvalue weighted by Gasteiger charge is -2.16. The van der Waals surface area contributed by atoms with Crippen molar-refractivity contribution in [2.45, 2.75) is 25.9 Å². The quantitative estimate of drug-likeness (QED) is 0.821. The maximum absolute atomic E-state index is 12.1. The number of nitrogens with two attached hydrogens (primary N) is 1. The van der Waals surface area contributed by atoms with E-state index in [2.05, 4.69) is 24.4 Å². The van der Waals surface area contributed by atoms with Gasteiger partial charge in [0.1, 0.15) is 6.04 Å². The summed E-state index contributed by atoms with van der Waals surface area (Å²) in [6.45, 7) is 4.36. The molecule has 122 valence electrons. The minimum atomic E-state index is -0.160. The van der Waals surface area contributed by atoms with Crippen molar-refractivity contribution >= 4 is 29.1 Å². The third-order valence-corrected chi connectivity index (χ3v) is 4.35. The molecule has 2 rings (SSSR count). The van der Waals surface area contributed by atoms with Crippen molar-refractivity contribution in [2.75, 3.05) is 6.54 Å². The Balaban J connectivity index is 1.87. The molecule has 0 radical (unpaired) electrons. The monoisotopic (exact) mass is 351 g/mol. The fourth-order valence-electron chi connectivity index (χ4n) is 2.41. The molecule has 0 saturated heterocycles. The molecular formula is C18H21Cl2N2O+. The van der Waals surface area contributed by atoms with Gasteiger partial charge in [-0.3, -0.25) is 4.79 Å². The summed E-state index contributed by atoms with van der Waals surface area (Å²) in [6.07, 6.45) is 0. The Hall–Kier alpha value is -1.55. The van der Waals surface area contributed by atoms with Crippen LogP contribution in [0.15, 0.2) is 48.5 Å². The van der Waals surface area contributed by atoms with E-state index in [-0.39, 0.29) is 18.0 Å². The van der Waals surface area contributed by atoms with E-state index in [1.54, 1.807) is 12.1 Å². The van der Waals surface area contributed by atoms with E-state index in [4.69, 9.17) is 23.2 Å². The Kier molecular flexibility index (Phi) is 6.46. The number of carbonyl (C=O) groups excluding carboxylic acids is 1. The van der Waals surface area contributed by atoms with Gasteiger partial charge in [0.2, 0.25) is 0 Å². The summed E-state index contributed by atoms with van der Waals surface area (Å²) < 4.78 is 0. The van der Waals surface area contributed by atoms with Gasteiger partial charge in [-0.25, -0.2) is 0 Å². The first-order valence-electron chi connectivity index (χ1n) is 7.60. The van der Waals surface area contributed by atoms with Gasteiger partial charge in [-0.05, 0) is 31.5 Å². The van der Waals surface area contributed by atoms with Crippen LogP contribution in [0.5, 0.6) is 0 Å². The van der Waals surface area contributed by atoms with Crippen molar-refractivity contribution in [3.8, 4) is 0 Å². The average molecular weight is 352 g/mol.